The normalized spacial score (nSPS) is 28.8. The molecule has 5 heteroatoms. The molecular weight excluding hydrogens is 262 g/mol. The zero-order chi connectivity index (χ0) is 13.6. The standard InChI is InChI=1S/C14H23NO3S/c15-10-12-13(6-4-2-1-3-5-7-16)19-11-14(12)17-8-9-18-14/h12-13,16H,1-9,11H2. The van der Waals surface area contributed by atoms with Crippen molar-refractivity contribution in [3.8, 4) is 6.07 Å². The number of hydrogen-bond donors (Lipinski definition) is 1. The van der Waals surface area contributed by atoms with E-state index in [1.54, 1.807) is 0 Å². The molecule has 2 saturated heterocycles. The van der Waals surface area contributed by atoms with Crippen LogP contribution in [0.1, 0.15) is 38.5 Å². The minimum atomic E-state index is -0.610. The molecule has 0 aromatic carbocycles. The van der Waals surface area contributed by atoms with Crippen LogP contribution in [0.15, 0.2) is 0 Å². The number of nitrogens with zero attached hydrogens (tertiary/aromatic N) is 1. The Kier molecular flexibility index (Phi) is 5.96. The summed E-state index contributed by atoms with van der Waals surface area (Å²) in [4.78, 5) is 0. The fraction of sp³-hybridized carbons (Fsp3) is 0.929. The third kappa shape index (κ3) is 3.63. The summed E-state index contributed by atoms with van der Waals surface area (Å²) in [6, 6.07) is 2.40. The zero-order valence-corrected chi connectivity index (χ0v) is 12.2. The number of thioether (sulfide) groups is 1. The van der Waals surface area contributed by atoms with Crippen LogP contribution in [0.25, 0.3) is 0 Å². The van der Waals surface area contributed by atoms with E-state index in [2.05, 4.69) is 6.07 Å². The van der Waals surface area contributed by atoms with Gasteiger partial charge in [-0.2, -0.15) is 17.0 Å². The Bertz CT molecular complexity index is 312. The van der Waals surface area contributed by atoms with E-state index in [-0.39, 0.29) is 5.92 Å². The predicted molar refractivity (Wildman–Crippen MR) is 74.8 cm³/mol. The maximum atomic E-state index is 9.38. The molecule has 2 aliphatic heterocycles. The third-order valence-corrected chi connectivity index (χ3v) is 5.41. The van der Waals surface area contributed by atoms with Gasteiger partial charge in [0.2, 0.25) is 0 Å². The van der Waals surface area contributed by atoms with Crippen LogP contribution in [0, 0.1) is 17.2 Å². The van der Waals surface area contributed by atoms with Gasteiger partial charge in [0.25, 0.3) is 0 Å². The van der Waals surface area contributed by atoms with Gasteiger partial charge in [-0.25, -0.2) is 0 Å². The van der Waals surface area contributed by atoms with E-state index in [4.69, 9.17) is 14.6 Å². The van der Waals surface area contributed by atoms with Gasteiger partial charge in [-0.3, -0.25) is 0 Å². The number of ether oxygens (including phenoxy) is 2. The van der Waals surface area contributed by atoms with Crippen LogP contribution in [-0.4, -0.2) is 41.7 Å². The largest absolute Gasteiger partial charge is 0.396 e. The molecule has 1 spiro atoms. The first-order chi connectivity index (χ1) is 9.32. The van der Waals surface area contributed by atoms with Crippen LogP contribution < -0.4 is 0 Å². The van der Waals surface area contributed by atoms with Crippen LogP contribution in [0.4, 0.5) is 0 Å². The van der Waals surface area contributed by atoms with Crippen LogP contribution in [0.3, 0.4) is 0 Å². The molecule has 0 aromatic rings. The molecule has 2 heterocycles. The summed E-state index contributed by atoms with van der Waals surface area (Å²) in [7, 11) is 0. The van der Waals surface area contributed by atoms with Crippen LogP contribution in [-0.2, 0) is 9.47 Å². The van der Waals surface area contributed by atoms with E-state index >= 15 is 0 Å². The monoisotopic (exact) mass is 285 g/mol. The van der Waals surface area contributed by atoms with Crippen molar-refractivity contribution < 1.29 is 14.6 Å². The number of aliphatic hydroxyl groups is 1. The lowest BCUT2D eigenvalue weighted by Gasteiger charge is -2.25. The number of hydrogen-bond acceptors (Lipinski definition) is 5. The molecule has 0 saturated carbocycles. The summed E-state index contributed by atoms with van der Waals surface area (Å²) in [5.41, 5.74) is 0. The van der Waals surface area contributed by atoms with Crippen molar-refractivity contribution in [3.63, 3.8) is 0 Å². The number of unbranched alkanes of at least 4 members (excludes halogenated alkanes) is 4. The molecular formula is C14H23NO3S. The number of aliphatic hydroxyl groups excluding tert-OH is 1. The molecule has 0 bridgehead atoms. The summed E-state index contributed by atoms with van der Waals surface area (Å²) >= 11 is 1.83. The van der Waals surface area contributed by atoms with Gasteiger partial charge in [0.15, 0.2) is 5.79 Å². The second-order valence-electron chi connectivity index (χ2n) is 5.25. The first-order valence-electron chi connectivity index (χ1n) is 7.22. The third-order valence-electron chi connectivity index (χ3n) is 3.91. The molecule has 2 rings (SSSR count). The van der Waals surface area contributed by atoms with Gasteiger partial charge in [-0.1, -0.05) is 25.7 Å². The quantitative estimate of drug-likeness (QED) is 0.727. The molecule has 2 fully saturated rings. The van der Waals surface area contributed by atoms with Crippen molar-refractivity contribution in [1.29, 1.82) is 5.26 Å². The van der Waals surface area contributed by atoms with E-state index in [1.807, 2.05) is 11.8 Å². The Morgan fingerprint density at radius 1 is 1.16 bits per heavy atom. The molecule has 1 N–H and O–H groups in total. The Morgan fingerprint density at radius 3 is 2.53 bits per heavy atom. The molecule has 19 heavy (non-hydrogen) atoms. The topological polar surface area (TPSA) is 62.5 Å². The minimum absolute atomic E-state index is 0.127. The van der Waals surface area contributed by atoms with Crippen molar-refractivity contribution in [2.75, 3.05) is 25.6 Å². The molecule has 4 nitrogen and oxygen atoms in total. The highest BCUT2D eigenvalue weighted by Crippen LogP contribution is 2.46. The van der Waals surface area contributed by atoms with Crippen LogP contribution in [0.2, 0.25) is 0 Å². The SMILES string of the molecule is N#CC1C(CCCCCCCO)SCC12OCCO2. The molecule has 0 amide bonds. The van der Waals surface area contributed by atoms with Gasteiger partial charge in [-0.05, 0) is 12.8 Å². The highest BCUT2D eigenvalue weighted by atomic mass is 32.2. The maximum absolute atomic E-state index is 9.38. The number of nitriles is 1. The van der Waals surface area contributed by atoms with Gasteiger partial charge in [0.1, 0.15) is 5.92 Å². The summed E-state index contributed by atoms with van der Waals surface area (Å²) in [6.07, 6.45) is 6.58. The molecule has 0 aliphatic carbocycles. The van der Waals surface area contributed by atoms with Crippen molar-refractivity contribution >= 4 is 11.8 Å². The first kappa shape index (κ1) is 15.1. The van der Waals surface area contributed by atoms with E-state index in [9.17, 15) is 5.26 Å². The highest BCUT2D eigenvalue weighted by Gasteiger charge is 2.53. The van der Waals surface area contributed by atoms with Gasteiger partial charge in [0, 0.05) is 17.6 Å². The second kappa shape index (κ2) is 7.49. The van der Waals surface area contributed by atoms with Gasteiger partial charge in [-0.15, -0.1) is 0 Å². The predicted octanol–water partition coefficient (Wildman–Crippen LogP) is 2.32. The van der Waals surface area contributed by atoms with Gasteiger partial charge >= 0.3 is 0 Å². The maximum Gasteiger partial charge on any atom is 0.194 e. The first-order valence-corrected chi connectivity index (χ1v) is 8.27. The minimum Gasteiger partial charge on any atom is -0.396 e. The van der Waals surface area contributed by atoms with Crippen molar-refractivity contribution in [2.24, 2.45) is 5.92 Å². The fourth-order valence-corrected chi connectivity index (χ4v) is 4.43. The second-order valence-corrected chi connectivity index (χ2v) is 6.47. The van der Waals surface area contributed by atoms with Crippen molar-refractivity contribution in [3.05, 3.63) is 0 Å². The molecule has 0 aromatic heterocycles. The lowest BCUT2D eigenvalue weighted by Crippen LogP contribution is -2.39. The lowest BCUT2D eigenvalue weighted by atomic mass is 9.94. The lowest BCUT2D eigenvalue weighted by molar-refractivity contribution is -0.158. The highest BCUT2D eigenvalue weighted by molar-refractivity contribution is 8.00. The Hall–Kier alpha value is -0.280. The molecule has 108 valence electrons. The Labute approximate surface area is 119 Å². The van der Waals surface area contributed by atoms with Crippen molar-refractivity contribution in [2.45, 2.75) is 49.6 Å². The van der Waals surface area contributed by atoms with Gasteiger partial charge < -0.3 is 14.6 Å². The summed E-state index contributed by atoms with van der Waals surface area (Å²) in [5.74, 6) is 0.0546. The van der Waals surface area contributed by atoms with Gasteiger partial charge in [0.05, 0.1) is 19.3 Å². The Morgan fingerprint density at radius 2 is 1.84 bits per heavy atom. The van der Waals surface area contributed by atoms with Crippen molar-refractivity contribution in [1.82, 2.24) is 0 Å². The smallest absolute Gasteiger partial charge is 0.194 e. The van der Waals surface area contributed by atoms with Crippen LogP contribution >= 0.6 is 11.8 Å². The van der Waals surface area contributed by atoms with E-state index in [0.29, 0.717) is 25.1 Å². The molecule has 2 aliphatic rings. The van der Waals surface area contributed by atoms with Crippen LogP contribution in [0.5, 0.6) is 0 Å². The molecule has 2 unspecified atom stereocenters. The average molecular weight is 285 g/mol. The van der Waals surface area contributed by atoms with E-state index in [1.165, 1.54) is 12.8 Å². The summed E-state index contributed by atoms with van der Waals surface area (Å²) in [6.45, 7) is 1.53. The molecule has 2 atom stereocenters. The summed E-state index contributed by atoms with van der Waals surface area (Å²) < 4.78 is 11.4. The number of rotatable bonds is 7. The Balaban J connectivity index is 1.71. The molecule has 0 radical (unpaired) electrons. The van der Waals surface area contributed by atoms with E-state index in [0.717, 1.165) is 31.4 Å². The average Bonchev–Trinajstić information content (AvgIpc) is 3.02. The summed E-state index contributed by atoms with van der Waals surface area (Å²) in [5, 5.41) is 18.4. The van der Waals surface area contributed by atoms with E-state index < -0.39 is 5.79 Å². The zero-order valence-electron chi connectivity index (χ0n) is 11.3. The fourth-order valence-electron chi connectivity index (χ4n) is 2.84.